The van der Waals surface area contributed by atoms with Gasteiger partial charge in [0.1, 0.15) is 0 Å². The number of anilines is 1. The Hall–Kier alpha value is -3.22. The van der Waals surface area contributed by atoms with Gasteiger partial charge in [0.25, 0.3) is 0 Å². The molecule has 4 rings (SSSR count). The first-order chi connectivity index (χ1) is 14.0. The first-order valence-electron chi connectivity index (χ1n) is 9.18. The second-order valence-electron chi connectivity index (χ2n) is 7.09. The van der Waals surface area contributed by atoms with Gasteiger partial charge in [-0.1, -0.05) is 35.9 Å². The molecule has 4 aromatic rings. The van der Waals surface area contributed by atoms with Crippen molar-refractivity contribution < 1.29 is 0 Å². The zero-order chi connectivity index (χ0) is 20.4. The van der Waals surface area contributed by atoms with Crippen molar-refractivity contribution in [2.75, 3.05) is 19.8 Å². The van der Waals surface area contributed by atoms with Gasteiger partial charge in [0.2, 0.25) is 5.95 Å². The summed E-state index contributed by atoms with van der Waals surface area (Å²) in [5.74, 6) is 0.256. The molecule has 7 heteroatoms. The number of benzene rings is 2. The summed E-state index contributed by atoms with van der Waals surface area (Å²) >= 11 is 6.41. The summed E-state index contributed by atoms with van der Waals surface area (Å²) in [6.45, 7) is 0.813. The molecule has 0 amide bonds. The molecule has 0 atom stereocenters. The van der Waals surface area contributed by atoms with Gasteiger partial charge >= 0.3 is 0 Å². The maximum absolute atomic E-state index is 6.41. The lowest BCUT2D eigenvalue weighted by Crippen LogP contribution is -2.10. The Labute approximate surface area is 174 Å². The molecule has 3 N–H and O–H groups in total. The van der Waals surface area contributed by atoms with Crippen molar-refractivity contribution in [1.29, 1.82) is 0 Å². The molecular formula is C22H21ClN6. The van der Waals surface area contributed by atoms with Gasteiger partial charge in [-0.25, -0.2) is 9.97 Å². The molecule has 0 saturated carbocycles. The highest BCUT2D eigenvalue weighted by Crippen LogP contribution is 2.25. The Kier molecular flexibility index (Phi) is 5.29. The molecule has 0 aliphatic carbocycles. The quantitative estimate of drug-likeness (QED) is 0.512. The van der Waals surface area contributed by atoms with Gasteiger partial charge in [-0.15, -0.1) is 0 Å². The summed E-state index contributed by atoms with van der Waals surface area (Å²) in [7, 11) is 4.05. The number of H-pyrrole nitrogens is 1. The number of halogens is 1. The number of fused-ring (bicyclic) bond motifs is 1. The Bertz CT molecular complexity index is 1200. The van der Waals surface area contributed by atoms with Crippen molar-refractivity contribution in [3.8, 4) is 11.3 Å². The van der Waals surface area contributed by atoms with E-state index in [0.717, 1.165) is 50.5 Å². The van der Waals surface area contributed by atoms with Crippen molar-refractivity contribution >= 4 is 40.6 Å². The molecule has 2 aromatic carbocycles. The van der Waals surface area contributed by atoms with E-state index in [9.17, 15) is 0 Å². The van der Waals surface area contributed by atoms with Gasteiger partial charge in [0.15, 0.2) is 0 Å². The van der Waals surface area contributed by atoms with E-state index < -0.39 is 0 Å². The van der Waals surface area contributed by atoms with Crippen LogP contribution in [0.15, 0.2) is 48.7 Å². The maximum Gasteiger partial charge on any atom is 0.220 e. The first-order valence-corrected chi connectivity index (χ1v) is 9.55. The van der Waals surface area contributed by atoms with Crippen molar-refractivity contribution in [2.24, 2.45) is 0 Å². The molecule has 29 heavy (non-hydrogen) atoms. The molecular weight excluding hydrogens is 384 g/mol. The van der Waals surface area contributed by atoms with Gasteiger partial charge in [-0.05, 0) is 55.6 Å². The van der Waals surface area contributed by atoms with Crippen LogP contribution in [-0.4, -0.2) is 39.2 Å². The van der Waals surface area contributed by atoms with Crippen LogP contribution >= 0.6 is 11.6 Å². The molecule has 0 saturated heterocycles. The highest BCUT2D eigenvalue weighted by atomic mass is 35.5. The van der Waals surface area contributed by atoms with Gasteiger partial charge in [-0.2, -0.15) is 5.10 Å². The highest BCUT2D eigenvalue weighted by molar-refractivity contribution is 6.31. The average Bonchev–Trinajstić information content (AvgIpc) is 3.10. The Morgan fingerprint density at radius 3 is 2.72 bits per heavy atom. The van der Waals surface area contributed by atoms with Crippen LogP contribution in [0.4, 0.5) is 5.95 Å². The molecule has 0 radical (unpaired) electrons. The second-order valence-corrected chi connectivity index (χ2v) is 7.50. The maximum atomic E-state index is 6.41. The van der Waals surface area contributed by atoms with Gasteiger partial charge < -0.3 is 10.6 Å². The zero-order valence-corrected chi connectivity index (χ0v) is 17.0. The number of nitrogens with one attached hydrogen (secondary N) is 1. The van der Waals surface area contributed by atoms with Crippen LogP contribution in [0.2, 0.25) is 5.02 Å². The Morgan fingerprint density at radius 2 is 1.97 bits per heavy atom. The summed E-state index contributed by atoms with van der Waals surface area (Å²) in [4.78, 5) is 10.3. The molecule has 0 aliphatic heterocycles. The second kappa shape index (κ2) is 8.03. The van der Waals surface area contributed by atoms with E-state index in [0.29, 0.717) is 0 Å². The predicted molar refractivity (Wildman–Crippen MR) is 119 cm³/mol. The van der Waals surface area contributed by atoms with Crippen LogP contribution in [-0.2, 0) is 6.54 Å². The fourth-order valence-electron chi connectivity index (χ4n) is 3.17. The van der Waals surface area contributed by atoms with Crippen molar-refractivity contribution in [1.82, 2.24) is 25.1 Å². The number of hydrogen-bond acceptors (Lipinski definition) is 5. The largest absolute Gasteiger partial charge is 0.368 e. The lowest BCUT2D eigenvalue weighted by Gasteiger charge is -2.11. The molecule has 0 fully saturated rings. The number of nitrogens with zero attached hydrogens (tertiary/aromatic N) is 4. The standard InChI is InChI=1S/C22H21ClN6/c1-29(2)13-16-5-3-14(11-18(16)23)4-8-20-17-7-6-15(12-21(17)28-27-20)19-9-10-25-22(24)26-19/h3-12H,13H2,1-2H3,(H,27,28)(H2,24,25,26). The van der Waals surface area contributed by atoms with Crippen molar-refractivity contribution in [3.05, 3.63) is 70.5 Å². The fourth-order valence-corrected chi connectivity index (χ4v) is 3.42. The van der Waals surface area contributed by atoms with Crippen LogP contribution in [0, 0.1) is 0 Å². The summed E-state index contributed by atoms with van der Waals surface area (Å²) in [6, 6.07) is 14.0. The molecule has 0 aliphatic rings. The third kappa shape index (κ3) is 4.29. The number of aromatic nitrogens is 4. The minimum absolute atomic E-state index is 0.256. The predicted octanol–water partition coefficient (Wildman–Crippen LogP) is 4.49. The number of rotatable bonds is 5. The van der Waals surface area contributed by atoms with E-state index in [-0.39, 0.29) is 5.95 Å². The Morgan fingerprint density at radius 1 is 1.10 bits per heavy atom. The fraction of sp³-hybridized carbons (Fsp3) is 0.136. The smallest absolute Gasteiger partial charge is 0.220 e. The van der Waals surface area contributed by atoms with Crippen LogP contribution < -0.4 is 5.73 Å². The van der Waals surface area contributed by atoms with Gasteiger partial charge in [-0.3, -0.25) is 5.10 Å². The molecule has 2 heterocycles. The number of nitrogen functional groups attached to an aromatic ring is 1. The number of hydrogen-bond donors (Lipinski definition) is 2. The molecule has 0 bridgehead atoms. The SMILES string of the molecule is CN(C)Cc1ccc(C=Cc2n[nH]c3cc(-c4ccnc(N)n4)ccc23)cc1Cl. The summed E-state index contributed by atoms with van der Waals surface area (Å²) < 4.78 is 0. The van der Waals surface area contributed by atoms with E-state index in [4.69, 9.17) is 17.3 Å². The first kappa shape index (κ1) is 19.1. The average molecular weight is 405 g/mol. The van der Waals surface area contributed by atoms with E-state index in [2.05, 4.69) is 37.2 Å². The molecule has 146 valence electrons. The minimum Gasteiger partial charge on any atom is -0.368 e. The third-order valence-electron chi connectivity index (χ3n) is 4.56. The van der Waals surface area contributed by atoms with Gasteiger partial charge in [0.05, 0.1) is 16.9 Å². The van der Waals surface area contributed by atoms with E-state index in [1.807, 2.05) is 56.6 Å². The third-order valence-corrected chi connectivity index (χ3v) is 4.91. The van der Waals surface area contributed by atoms with Crippen molar-refractivity contribution in [3.63, 3.8) is 0 Å². The Balaban J connectivity index is 1.59. The molecule has 0 unspecified atom stereocenters. The molecule has 0 spiro atoms. The van der Waals surface area contributed by atoms with Gasteiger partial charge in [0, 0.05) is 28.7 Å². The monoisotopic (exact) mass is 404 g/mol. The van der Waals surface area contributed by atoms with Crippen molar-refractivity contribution in [2.45, 2.75) is 6.54 Å². The topological polar surface area (TPSA) is 83.7 Å². The number of nitrogens with two attached hydrogens (primary N) is 1. The minimum atomic E-state index is 0.256. The van der Waals surface area contributed by atoms with Crippen LogP contribution in [0.25, 0.3) is 34.3 Å². The van der Waals surface area contributed by atoms with E-state index in [1.54, 1.807) is 6.20 Å². The normalized spacial score (nSPS) is 11.7. The highest BCUT2D eigenvalue weighted by Gasteiger charge is 2.07. The van der Waals surface area contributed by atoms with Crippen LogP contribution in [0.1, 0.15) is 16.8 Å². The number of aromatic amines is 1. The summed E-state index contributed by atoms with van der Waals surface area (Å²) in [5, 5.41) is 9.31. The molecule has 6 nitrogen and oxygen atoms in total. The van der Waals surface area contributed by atoms with Crippen LogP contribution in [0.5, 0.6) is 0 Å². The van der Waals surface area contributed by atoms with E-state index >= 15 is 0 Å². The summed E-state index contributed by atoms with van der Waals surface area (Å²) in [5.41, 5.74) is 11.3. The summed E-state index contributed by atoms with van der Waals surface area (Å²) in [6.07, 6.45) is 5.65. The lowest BCUT2D eigenvalue weighted by atomic mass is 10.1. The van der Waals surface area contributed by atoms with E-state index in [1.165, 1.54) is 0 Å². The lowest BCUT2D eigenvalue weighted by molar-refractivity contribution is 0.402. The van der Waals surface area contributed by atoms with Crippen LogP contribution in [0.3, 0.4) is 0 Å². The molecule has 2 aromatic heterocycles. The zero-order valence-electron chi connectivity index (χ0n) is 16.2.